The van der Waals surface area contributed by atoms with E-state index in [1.54, 1.807) is 13.2 Å². The quantitative estimate of drug-likeness (QED) is 0.774. The highest BCUT2D eigenvalue weighted by Gasteiger charge is 2.25. The van der Waals surface area contributed by atoms with E-state index in [2.05, 4.69) is 26.0 Å². The molecule has 1 aliphatic rings. The number of ether oxygens (including phenoxy) is 1. The second kappa shape index (κ2) is 8.02. The standard InChI is InChI=1S/C19H27NO2/c1-15(2)8-13-19(21)20-14-6-4-5-7-18(20)16-9-11-17(22-3)12-10-16/h8-13,15,18H,4-7,14H2,1-3H3/b13-8+. The van der Waals surface area contributed by atoms with Gasteiger partial charge in [-0.1, -0.05) is 44.9 Å². The van der Waals surface area contributed by atoms with Gasteiger partial charge in [-0.2, -0.15) is 0 Å². The zero-order chi connectivity index (χ0) is 15.9. The first-order valence-electron chi connectivity index (χ1n) is 8.24. The zero-order valence-electron chi connectivity index (χ0n) is 13.9. The molecule has 0 aromatic heterocycles. The highest BCUT2D eigenvalue weighted by molar-refractivity contribution is 5.88. The number of hydrogen-bond donors (Lipinski definition) is 0. The molecule has 1 fully saturated rings. The summed E-state index contributed by atoms with van der Waals surface area (Å²) in [7, 11) is 1.67. The van der Waals surface area contributed by atoms with Crippen LogP contribution in [0.1, 0.15) is 51.1 Å². The number of allylic oxidation sites excluding steroid dienone is 1. The molecule has 1 amide bonds. The summed E-state index contributed by atoms with van der Waals surface area (Å²) in [6, 6.07) is 8.31. The molecule has 22 heavy (non-hydrogen) atoms. The number of amides is 1. The summed E-state index contributed by atoms with van der Waals surface area (Å²) in [4.78, 5) is 14.6. The second-order valence-electron chi connectivity index (χ2n) is 6.27. The van der Waals surface area contributed by atoms with Crippen molar-refractivity contribution >= 4 is 5.91 Å². The SMILES string of the molecule is COc1ccc(C2CCCCCN2C(=O)/C=C/C(C)C)cc1. The van der Waals surface area contributed by atoms with Crippen LogP contribution in [0, 0.1) is 5.92 Å². The Bertz CT molecular complexity index is 505. The monoisotopic (exact) mass is 301 g/mol. The number of benzene rings is 1. The molecule has 0 radical (unpaired) electrons. The number of carbonyl (C=O) groups excluding carboxylic acids is 1. The first kappa shape index (κ1) is 16.6. The van der Waals surface area contributed by atoms with Gasteiger partial charge in [0, 0.05) is 6.54 Å². The van der Waals surface area contributed by atoms with Crippen molar-refractivity contribution in [2.45, 2.75) is 45.6 Å². The van der Waals surface area contributed by atoms with Gasteiger partial charge in [0.2, 0.25) is 5.91 Å². The first-order chi connectivity index (χ1) is 10.6. The van der Waals surface area contributed by atoms with Crippen LogP contribution in [-0.2, 0) is 4.79 Å². The van der Waals surface area contributed by atoms with Crippen molar-refractivity contribution in [1.29, 1.82) is 0 Å². The van der Waals surface area contributed by atoms with Gasteiger partial charge in [0.1, 0.15) is 5.75 Å². The van der Waals surface area contributed by atoms with Crippen LogP contribution in [0.2, 0.25) is 0 Å². The molecule has 1 unspecified atom stereocenters. The molecule has 1 aromatic rings. The van der Waals surface area contributed by atoms with Crippen molar-refractivity contribution in [1.82, 2.24) is 4.90 Å². The van der Waals surface area contributed by atoms with E-state index in [-0.39, 0.29) is 11.9 Å². The van der Waals surface area contributed by atoms with Crippen LogP contribution in [-0.4, -0.2) is 24.5 Å². The van der Waals surface area contributed by atoms with Crippen molar-refractivity contribution in [3.05, 3.63) is 42.0 Å². The molecule has 1 aliphatic heterocycles. The van der Waals surface area contributed by atoms with E-state index in [0.717, 1.165) is 25.1 Å². The fraction of sp³-hybridized carbons (Fsp3) is 0.526. The van der Waals surface area contributed by atoms with Crippen molar-refractivity contribution < 1.29 is 9.53 Å². The molecular formula is C19H27NO2. The predicted molar refractivity (Wildman–Crippen MR) is 89.9 cm³/mol. The molecule has 3 nitrogen and oxygen atoms in total. The van der Waals surface area contributed by atoms with E-state index in [0.29, 0.717) is 5.92 Å². The fourth-order valence-corrected chi connectivity index (χ4v) is 2.92. The van der Waals surface area contributed by atoms with Crippen molar-refractivity contribution in [3.8, 4) is 5.75 Å². The topological polar surface area (TPSA) is 29.5 Å². The lowest BCUT2D eigenvalue weighted by atomic mass is 10.0. The van der Waals surface area contributed by atoms with Gasteiger partial charge >= 0.3 is 0 Å². The van der Waals surface area contributed by atoms with Crippen LogP contribution in [0.25, 0.3) is 0 Å². The molecule has 1 heterocycles. The summed E-state index contributed by atoms with van der Waals surface area (Å²) in [5.74, 6) is 1.39. The van der Waals surface area contributed by atoms with Crippen molar-refractivity contribution in [2.24, 2.45) is 5.92 Å². The van der Waals surface area contributed by atoms with Gasteiger partial charge in [-0.15, -0.1) is 0 Å². The first-order valence-corrected chi connectivity index (χ1v) is 8.24. The minimum Gasteiger partial charge on any atom is -0.497 e. The average Bonchev–Trinajstić information content (AvgIpc) is 2.78. The number of likely N-dealkylation sites (tertiary alicyclic amines) is 1. The maximum atomic E-state index is 12.6. The molecule has 0 saturated carbocycles. The summed E-state index contributed by atoms with van der Waals surface area (Å²) in [6.45, 7) is 5.03. The van der Waals surface area contributed by atoms with E-state index in [9.17, 15) is 4.79 Å². The molecule has 1 atom stereocenters. The number of rotatable bonds is 4. The average molecular weight is 301 g/mol. The van der Waals surface area contributed by atoms with E-state index in [1.807, 2.05) is 23.1 Å². The summed E-state index contributed by atoms with van der Waals surface area (Å²) in [5.41, 5.74) is 1.20. The van der Waals surface area contributed by atoms with Gasteiger partial charge in [-0.25, -0.2) is 0 Å². The molecule has 120 valence electrons. The Labute approximate surface area is 134 Å². The molecule has 3 heteroatoms. The molecule has 0 aliphatic carbocycles. The molecule has 0 N–H and O–H groups in total. The minimum atomic E-state index is 0.136. The highest BCUT2D eigenvalue weighted by Crippen LogP contribution is 2.31. The van der Waals surface area contributed by atoms with Gasteiger partial charge in [-0.05, 0) is 42.5 Å². The molecule has 1 saturated heterocycles. The van der Waals surface area contributed by atoms with Gasteiger partial charge in [0.05, 0.1) is 13.2 Å². The van der Waals surface area contributed by atoms with Crippen LogP contribution in [0.15, 0.2) is 36.4 Å². The largest absolute Gasteiger partial charge is 0.497 e. The Kier molecular flexibility index (Phi) is 6.05. The smallest absolute Gasteiger partial charge is 0.246 e. The third-order valence-corrected chi connectivity index (χ3v) is 4.16. The maximum Gasteiger partial charge on any atom is 0.246 e. The summed E-state index contributed by atoms with van der Waals surface area (Å²) in [5, 5.41) is 0. The number of hydrogen-bond acceptors (Lipinski definition) is 2. The maximum absolute atomic E-state index is 12.6. The lowest BCUT2D eigenvalue weighted by Crippen LogP contribution is -2.33. The van der Waals surface area contributed by atoms with Gasteiger partial charge in [0.25, 0.3) is 0 Å². The Balaban J connectivity index is 2.21. The third kappa shape index (κ3) is 4.36. The van der Waals surface area contributed by atoms with Crippen LogP contribution in [0.3, 0.4) is 0 Å². The number of methoxy groups -OCH3 is 1. The lowest BCUT2D eigenvalue weighted by molar-refractivity contribution is -0.128. The van der Waals surface area contributed by atoms with Crippen LogP contribution in [0.5, 0.6) is 5.75 Å². The van der Waals surface area contributed by atoms with Gasteiger partial charge in [-0.3, -0.25) is 4.79 Å². The normalized spacial score (nSPS) is 19.5. The number of nitrogens with zero attached hydrogens (tertiary/aromatic N) is 1. The zero-order valence-corrected chi connectivity index (χ0v) is 13.9. The van der Waals surface area contributed by atoms with Crippen LogP contribution in [0.4, 0.5) is 0 Å². The second-order valence-corrected chi connectivity index (χ2v) is 6.27. The minimum absolute atomic E-state index is 0.136. The van der Waals surface area contributed by atoms with E-state index < -0.39 is 0 Å². The Morgan fingerprint density at radius 1 is 1.23 bits per heavy atom. The Hall–Kier alpha value is -1.77. The Morgan fingerprint density at radius 3 is 2.59 bits per heavy atom. The molecule has 0 spiro atoms. The third-order valence-electron chi connectivity index (χ3n) is 4.16. The predicted octanol–water partition coefficient (Wildman–Crippen LogP) is 4.35. The molecule has 1 aromatic carbocycles. The van der Waals surface area contributed by atoms with E-state index >= 15 is 0 Å². The number of carbonyl (C=O) groups is 1. The van der Waals surface area contributed by atoms with Crippen LogP contribution >= 0.6 is 0 Å². The molecule has 0 bridgehead atoms. The summed E-state index contributed by atoms with van der Waals surface area (Å²) < 4.78 is 5.23. The van der Waals surface area contributed by atoms with Crippen molar-refractivity contribution in [2.75, 3.05) is 13.7 Å². The van der Waals surface area contributed by atoms with E-state index in [4.69, 9.17) is 4.74 Å². The van der Waals surface area contributed by atoms with E-state index in [1.165, 1.54) is 18.4 Å². The highest BCUT2D eigenvalue weighted by atomic mass is 16.5. The molecule has 2 rings (SSSR count). The van der Waals surface area contributed by atoms with Gasteiger partial charge < -0.3 is 9.64 Å². The summed E-state index contributed by atoms with van der Waals surface area (Å²) in [6.07, 6.45) is 8.23. The van der Waals surface area contributed by atoms with Crippen molar-refractivity contribution in [3.63, 3.8) is 0 Å². The lowest BCUT2D eigenvalue weighted by Gasteiger charge is -2.29. The molecular weight excluding hydrogens is 274 g/mol. The summed E-state index contributed by atoms with van der Waals surface area (Å²) >= 11 is 0. The fourth-order valence-electron chi connectivity index (χ4n) is 2.92. The van der Waals surface area contributed by atoms with Gasteiger partial charge in [0.15, 0.2) is 0 Å². The van der Waals surface area contributed by atoms with Crippen LogP contribution < -0.4 is 4.74 Å². The Morgan fingerprint density at radius 2 is 1.95 bits per heavy atom.